The van der Waals surface area contributed by atoms with Crippen LogP contribution in [0.4, 0.5) is 0 Å². The summed E-state index contributed by atoms with van der Waals surface area (Å²) in [7, 11) is 0. The number of nitrogens with one attached hydrogen (secondary N) is 2. The summed E-state index contributed by atoms with van der Waals surface area (Å²) in [5.41, 5.74) is 3.16. The highest BCUT2D eigenvalue weighted by atomic mass is 127. The van der Waals surface area contributed by atoms with Gasteiger partial charge in [0.15, 0.2) is 11.8 Å². The number of guanidine groups is 1. The fourth-order valence-electron chi connectivity index (χ4n) is 3.78. The van der Waals surface area contributed by atoms with Crippen LogP contribution in [0.2, 0.25) is 0 Å². The molecule has 3 heterocycles. The van der Waals surface area contributed by atoms with Crippen LogP contribution in [-0.4, -0.2) is 57.3 Å². The molecule has 0 amide bonds. The van der Waals surface area contributed by atoms with Crippen LogP contribution < -0.4 is 10.6 Å². The Morgan fingerprint density at radius 2 is 2.03 bits per heavy atom. The number of aryl methyl sites for hydroxylation is 2. The number of hydrogen-bond acceptors (Lipinski definition) is 4. The summed E-state index contributed by atoms with van der Waals surface area (Å²) in [6.45, 7) is 16.6. The van der Waals surface area contributed by atoms with E-state index in [1.165, 1.54) is 0 Å². The Morgan fingerprint density at radius 1 is 1.27 bits per heavy atom. The summed E-state index contributed by atoms with van der Waals surface area (Å²) in [5.74, 6) is 2.31. The molecule has 8 heteroatoms. The van der Waals surface area contributed by atoms with E-state index >= 15 is 0 Å². The monoisotopic (exact) mass is 525 g/mol. The van der Waals surface area contributed by atoms with Gasteiger partial charge in [0.2, 0.25) is 0 Å². The predicted molar refractivity (Wildman–Crippen MR) is 134 cm³/mol. The highest BCUT2D eigenvalue weighted by Gasteiger charge is 2.31. The van der Waals surface area contributed by atoms with Gasteiger partial charge in [0, 0.05) is 43.6 Å². The molecule has 2 atom stereocenters. The molecule has 2 unspecified atom stereocenters. The lowest BCUT2D eigenvalue weighted by molar-refractivity contribution is 0.265. The van der Waals surface area contributed by atoms with Gasteiger partial charge in [-0.1, -0.05) is 13.0 Å². The van der Waals surface area contributed by atoms with Crippen molar-refractivity contribution in [3.8, 4) is 5.82 Å². The summed E-state index contributed by atoms with van der Waals surface area (Å²) >= 11 is 0. The van der Waals surface area contributed by atoms with Gasteiger partial charge >= 0.3 is 0 Å². The molecule has 2 aromatic rings. The molecule has 7 nitrogen and oxygen atoms in total. The fraction of sp³-hybridized carbons (Fsp3) is 0.591. The number of pyridine rings is 1. The highest BCUT2D eigenvalue weighted by molar-refractivity contribution is 14.0. The average Bonchev–Trinajstić information content (AvgIpc) is 3.22. The molecular weight excluding hydrogens is 489 g/mol. The first kappa shape index (κ1) is 24.6. The smallest absolute Gasteiger partial charge is 0.191 e. The van der Waals surface area contributed by atoms with Crippen LogP contribution in [0.25, 0.3) is 5.82 Å². The molecule has 2 N–H and O–H groups in total. The molecule has 1 fully saturated rings. The third-order valence-electron chi connectivity index (χ3n) is 5.49. The summed E-state index contributed by atoms with van der Waals surface area (Å²) in [6, 6.07) is 7.13. The van der Waals surface area contributed by atoms with Crippen molar-refractivity contribution in [2.45, 2.75) is 60.2 Å². The molecule has 1 aliphatic heterocycles. The molecule has 0 saturated carbocycles. The van der Waals surface area contributed by atoms with E-state index in [1.807, 2.05) is 30.8 Å². The summed E-state index contributed by atoms with van der Waals surface area (Å²) in [5, 5.41) is 11.5. The molecule has 166 valence electrons. The van der Waals surface area contributed by atoms with Gasteiger partial charge in [-0.05, 0) is 58.2 Å². The normalized spacial score (nSPS) is 19.8. The Labute approximate surface area is 197 Å². The van der Waals surface area contributed by atoms with E-state index in [0.717, 1.165) is 48.4 Å². The van der Waals surface area contributed by atoms with Crippen molar-refractivity contribution in [1.82, 2.24) is 30.3 Å². The van der Waals surface area contributed by atoms with Gasteiger partial charge in [-0.15, -0.1) is 24.0 Å². The highest BCUT2D eigenvalue weighted by Crippen LogP contribution is 2.18. The Kier molecular flexibility index (Phi) is 9.09. The van der Waals surface area contributed by atoms with Crippen molar-refractivity contribution in [3.05, 3.63) is 41.3 Å². The lowest BCUT2D eigenvalue weighted by Gasteiger charge is -2.22. The SMILES string of the molecule is CCNC(=NCc1ccc(-n2nc(C)cc2C)nc1)NC1CN(C(C)C)CC1C.I. The van der Waals surface area contributed by atoms with E-state index in [0.29, 0.717) is 24.5 Å². The zero-order valence-electron chi connectivity index (χ0n) is 19.0. The van der Waals surface area contributed by atoms with E-state index < -0.39 is 0 Å². The number of rotatable bonds is 6. The largest absolute Gasteiger partial charge is 0.357 e. The quantitative estimate of drug-likeness (QED) is 0.344. The molecule has 1 saturated heterocycles. The molecule has 0 radical (unpaired) electrons. The topological polar surface area (TPSA) is 70.4 Å². The fourth-order valence-corrected chi connectivity index (χ4v) is 3.78. The zero-order valence-corrected chi connectivity index (χ0v) is 21.3. The molecule has 3 rings (SSSR count). The summed E-state index contributed by atoms with van der Waals surface area (Å²) < 4.78 is 1.87. The lowest BCUT2D eigenvalue weighted by atomic mass is 10.1. The Hall–Kier alpha value is -1.68. The maximum absolute atomic E-state index is 4.79. The van der Waals surface area contributed by atoms with Crippen molar-refractivity contribution in [2.24, 2.45) is 10.9 Å². The summed E-state index contributed by atoms with van der Waals surface area (Å²) in [6.07, 6.45) is 1.89. The van der Waals surface area contributed by atoms with E-state index in [4.69, 9.17) is 4.99 Å². The second-order valence-corrected chi connectivity index (χ2v) is 8.33. The van der Waals surface area contributed by atoms with E-state index in [-0.39, 0.29) is 24.0 Å². The van der Waals surface area contributed by atoms with Crippen LogP contribution in [0.3, 0.4) is 0 Å². The van der Waals surface area contributed by atoms with Crippen molar-refractivity contribution >= 4 is 29.9 Å². The van der Waals surface area contributed by atoms with Gasteiger partial charge in [0.05, 0.1) is 12.2 Å². The van der Waals surface area contributed by atoms with Crippen LogP contribution in [0.1, 0.15) is 44.6 Å². The minimum Gasteiger partial charge on any atom is -0.357 e. The van der Waals surface area contributed by atoms with Crippen LogP contribution in [0.5, 0.6) is 0 Å². The van der Waals surface area contributed by atoms with Crippen LogP contribution in [0.15, 0.2) is 29.4 Å². The van der Waals surface area contributed by atoms with Crippen molar-refractivity contribution < 1.29 is 0 Å². The van der Waals surface area contributed by atoms with Gasteiger partial charge in [-0.3, -0.25) is 4.90 Å². The number of likely N-dealkylation sites (tertiary alicyclic amines) is 1. The molecule has 1 aliphatic rings. The second kappa shape index (κ2) is 11.1. The molecule has 0 aliphatic carbocycles. The van der Waals surface area contributed by atoms with Crippen molar-refractivity contribution in [1.29, 1.82) is 0 Å². The first-order valence-electron chi connectivity index (χ1n) is 10.6. The molecule has 2 aromatic heterocycles. The van der Waals surface area contributed by atoms with Gasteiger partial charge < -0.3 is 10.6 Å². The van der Waals surface area contributed by atoms with Crippen molar-refractivity contribution in [2.75, 3.05) is 19.6 Å². The molecule has 30 heavy (non-hydrogen) atoms. The molecular formula is C22H36IN7. The Bertz CT molecular complexity index is 829. The van der Waals surface area contributed by atoms with Crippen LogP contribution >= 0.6 is 24.0 Å². The van der Waals surface area contributed by atoms with Gasteiger partial charge in [-0.25, -0.2) is 14.7 Å². The maximum atomic E-state index is 4.79. The zero-order chi connectivity index (χ0) is 21.0. The van der Waals surface area contributed by atoms with Crippen molar-refractivity contribution in [3.63, 3.8) is 0 Å². The van der Waals surface area contributed by atoms with E-state index in [9.17, 15) is 0 Å². The van der Waals surface area contributed by atoms with Gasteiger partial charge in [-0.2, -0.15) is 5.10 Å². The first-order valence-corrected chi connectivity index (χ1v) is 10.6. The first-order chi connectivity index (χ1) is 13.9. The second-order valence-electron chi connectivity index (χ2n) is 8.33. The van der Waals surface area contributed by atoms with Gasteiger partial charge in [0.1, 0.15) is 0 Å². The van der Waals surface area contributed by atoms with E-state index in [1.54, 1.807) is 0 Å². The number of aliphatic imine (C=N–C) groups is 1. The molecule has 0 bridgehead atoms. The minimum atomic E-state index is 0. The molecule has 0 aromatic carbocycles. The number of hydrogen-bond donors (Lipinski definition) is 2. The number of halogens is 1. The van der Waals surface area contributed by atoms with Crippen LogP contribution in [0, 0.1) is 19.8 Å². The van der Waals surface area contributed by atoms with Gasteiger partial charge in [0.25, 0.3) is 0 Å². The number of aromatic nitrogens is 3. The average molecular weight is 525 g/mol. The Balaban J connectivity index is 0.00000320. The predicted octanol–water partition coefficient (Wildman–Crippen LogP) is 3.29. The maximum Gasteiger partial charge on any atom is 0.191 e. The lowest BCUT2D eigenvalue weighted by Crippen LogP contribution is -2.46. The van der Waals surface area contributed by atoms with Crippen LogP contribution in [-0.2, 0) is 6.54 Å². The third kappa shape index (κ3) is 6.16. The third-order valence-corrected chi connectivity index (χ3v) is 5.49. The minimum absolute atomic E-state index is 0. The standard InChI is InChI=1S/C22H35N7.HI/c1-7-23-22(26-20-14-28(15(2)3)13-16(20)4)25-12-19-8-9-21(24-11-19)29-18(6)10-17(5)27-29;/h8-11,15-16,20H,7,12-14H2,1-6H3,(H2,23,25,26);1H. The van der Waals surface area contributed by atoms with E-state index in [2.05, 4.69) is 65.4 Å². The molecule has 0 spiro atoms. The number of nitrogens with zero attached hydrogens (tertiary/aromatic N) is 5. The Morgan fingerprint density at radius 3 is 2.57 bits per heavy atom. The summed E-state index contributed by atoms with van der Waals surface area (Å²) in [4.78, 5) is 11.9.